The van der Waals surface area contributed by atoms with Crippen LogP contribution in [0.5, 0.6) is 0 Å². The Kier molecular flexibility index (Phi) is 34.7. The number of nitrogens with zero attached hydrogens (tertiary/aromatic N) is 6. The number of rotatable bonds is 17. The van der Waals surface area contributed by atoms with Crippen molar-refractivity contribution in [1.29, 1.82) is 0 Å². The molecule has 1 N–H and O–H groups in total. The summed E-state index contributed by atoms with van der Waals surface area (Å²) in [5.41, 5.74) is 0. The van der Waals surface area contributed by atoms with Gasteiger partial charge in [-0.3, -0.25) is 0 Å². The molecule has 3 atom stereocenters. The maximum Gasteiger partial charge on any atom is 0.0394 e. The van der Waals surface area contributed by atoms with Gasteiger partial charge in [-0.2, -0.15) is 0 Å². The van der Waals surface area contributed by atoms with E-state index in [1.807, 2.05) is 7.05 Å². The van der Waals surface area contributed by atoms with Crippen molar-refractivity contribution in [2.75, 3.05) is 121 Å². The lowest BCUT2D eigenvalue weighted by molar-refractivity contribution is 0.0277. The fourth-order valence-electron chi connectivity index (χ4n) is 9.06. The quantitative estimate of drug-likeness (QED) is 0.156. The van der Waals surface area contributed by atoms with E-state index < -0.39 is 14.0 Å². The molecular weight excluding hydrogens is 783 g/mol. The minimum atomic E-state index is -1.92. The average molecular weight is 915 g/mol. The van der Waals surface area contributed by atoms with Gasteiger partial charge in [0.05, 0.1) is 0 Å². The van der Waals surface area contributed by atoms with Crippen molar-refractivity contribution in [2.45, 2.75) is 199 Å². The highest BCUT2D eigenvalue weighted by atomic mass is 15.2. The van der Waals surface area contributed by atoms with Crippen LogP contribution in [0.25, 0.3) is 0 Å². The molecule has 0 amide bonds. The Labute approximate surface area is 415 Å². The molecule has 0 aromatic heterocycles. The molecule has 0 aliphatic carbocycles. The molecule has 3 unspecified atom stereocenters. The predicted molar refractivity (Wildman–Crippen MR) is 292 cm³/mol. The zero-order valence-electron chi connectivity index (χ0n) is 53.2. The average Bonchev–Trinajstić information content (AvgIpc) is 4.05. The van der Waals surface area contributed by atoms with Gasteiger partial charge in [-0.15, -0.1) is 0 Å². The molecule has 6 heterocycles. The van der Waals surface area contributed by atoms with Gasteiger partial charge in [0.1, 0.15) is 0 Å². The fourth-order valence-corrected chi connectivity index (χ4v) is 9.06. The topological polar surface area (TPSA) is 31.5 Å². The first-order valence-electron chi connectivity index (χ1n) is 30.3. The van der Waals surface area contributed by atoms with Crippen molar-refractivity contribution in [3.05, 3.63) is 0 Å². The van der Waals surface area contributed by atoms with Crippen LogP contribution in [0, 0.1) is 53.3 Å². The van der Waals surface area contributed by atoms with Crippen LogP contribution < -0.4 is 5.32 Å². The molecule has 6 saturated heterocycles. The SMILES string of the molecule is CC(C)C1CN2CCC1CC2.CC(C)CC1CCCN1C.CC(C)CCN(C)C.CC(C)CCN1CCCC1.CNCCC(C)C.[2H]C([2H])([2H])N(C)CCC(C)C.[2H]C([2H])([2H])N1CCCC1CC(C)C. The lowest BCUT2D eigenvalue weighted by atomic mass is 9.74. The Morgan fingerprint density at radius 2 is 1.02 bits per heavy atom. The Bertz CT molecular complexity index is 1160. The van der Waals surface area contributed by atoms with Gasteiger partial charge in [0, 0.05) is 26.9 Å². The van der Waals surface area contributed by atoms with E-state index in [0.29, 0.717) is 18.4 Å². The third-order valence-electron chi connectivity index (χ3n) is 13.5. The Balaban J connectivity index is 0. The normalized spacial score (nSPS) is 25.2. The summed E-state index contributed by atoms with van der Waals surface area (Å²) in [4.78, 5) is 13.0. The van der Waals surface area contributed by atoms with Crippen LogP contribution >= 0.6 is 0 Å². The Morgan fingerprint density at radius 1 is 0.547 bits per heavy atom. The summed E-state index contributed by atoms with van der Waals surface area (Å²) in [7, 11) is 10.1. The molecule has 7 nitrogen and oxygen atoms in total. The van der Waals surface area contributed by atoms with Crippen LogP contribution in [0.15, 0.2) is 0 Å². The third kappa shape index (κ3) is 39.7. The van der Waals surface area contributed by atoms with Crippen LogP contribution in [0.1, 0.15) is 195 Å². The molecule has 6 aliphatic rings. The van der Waals surface area contributed by atoms with Gasteiger partial charge in [0.2, 0.25) is 0 Å². The van der Waals surface area contributed by atoms with Gasteiger partial charge in [-0.1, -0.05) is 96.9 Å². The summed E-state index contributed by atoms with van der Waals surface area (Å²) in [6, 6.07) is 1.17. The molecule has 0 spiro atoms. The zero-order valence-corrected chi connectivity index (χ0v) is 47.2. The van der Waals surface area contributed by atoms with Crippen molar-refractivity contribution >= 4 is 0 Å². The van der Waals surface area contributed by atoms with Gasteiger partial charge >= 0.3 is 0 Å². The monoisotopic (exact) mass is 914 g/mol. The molecular formula is C57H125N7. The standard InChI is InChI=1S/C10H19N.3C9H19N.2C7H17N.C6H15N/c1-8(2)10-7-11-5-3-9(10)4-6-11;2*1-8(2)7-9-5-4-6-10(9)3;1-9(2)5-8-10-6-3-4-7-10;2*1-7(2)5-6-8(3)4;1-6(2)4-5-7-3/h8-10H,3-7H2,1-2H3;2*8-9H,4-7H2,1-3H3;9H,3-8H2,1-2H3;2*7H,5-6H2,1-4H3;6-7H,4-5H2,1-3H3/i;3D3;;;3D3;;. The molecule has 6 fully saturated rings. The minimum absolute atomic E-state index is 0.285. The van der Waals surface area contributed by atoms with Crippen LogP contribution in [0.3, 0.4) is 0 Å². The molecule has 64 heavy (non-hydrogen) atoms. The van der Waals surface area contributed by atoms with Crippen LogP contribution in [-0.2, 0) is 0 Å². The summed E-state index contributed by atoms with van der Waals surface area (Å²) >= 11 is 0. The molecule has 6 rings (SSSR count). The van der Waals surface area contributed by atoms with E-state index in [0.717, 1.165) is 86.2 Å². The molecule has 0 aromatic carbocycles. The van der Waals surface area contributed by atoms with Crippen molar-refractivity contribution < 1.29 is 8.22 Å². The maximum absolute atomic E-state index is 7.36. The highest BCUT2D eigenvalue weighted by Crippen LogP contribution is 2.36. The smallest absolute Gasteiger partial charge is 0.0394 e. The number of fused-ring (bicyclic) bond motifs is 3. The lowest BCUT2D eigenvalue weighted by Gasteiger charge is -2.46. The van der Waals surface area contributed by atoms with E-state index in [1.54, 1.807) is 11.9 Å². The first kappa shape index (κ1) is 54.7. The summed E-state index contributed by atoms with van der Waals surface area (Å²) in [6.45, 7) is 40.9. The summed E-state index contributed by atoms with van der Waals surface area (Å²) < 4.78 is 43.2. The van der Waals surface area contributed by atoms with Crippen LogP contribution in [0.4, 0.5) is 0 Å². The predicted octanol–water partition coefficient (Wildman–Crippen LogP) is 12.8. The van der Waals surface area contributed by atoms with E-state index in [2.05, 4.69) is 143 Å². The highest BCUT2D eigenvalue weighted by molar-refractivity contribution is 4.87. The van der Waals surface area contributed by atoms with E-state index >= 15 is 0 Å². The second-order valence-corrected chi connectivity index (χ2v) is 23.7. The number of hydrogen-bond acceptors (Lipinski definition) is 7. The van der Waals surface area contributed by atoms with E-state index in [1.165, 1.54) is 121 Å². The van der Waals surface area contributed by atoms with Gasteiger partial charge in [-0.05, 0) is 258 Å². The van der Waals surface area contributed by atoms with Crippen molar-refractivity contribution in [3.63, 3.8) is 0 Å². The maximum atomic E-state index is 7.36. The van der Waals surface area contributed by atoms with E-state index in [4.69, 9.17) is 8.22 Å². The molecule has 0 saturated carbocycles. The first-order chi connectivity index (χ1) is 32.4. The number of likely N-dealkylation sites (tertiary alicyclic amines) is 3. The first-order valence-corrected chi connectivity index (χ1v) is 27.3. The fraction of sp³-hybridized carbons (Fsp3) is 1.00. The van der Waals surface area contributed by atoms with Gasteiger partial charge < -0.3 is 34.7 Å². The highest BCUT2D eigenvalue weighted by Gasteiger charge is 2.35. The van der Waals surface area contributed by atoms with Gasteiger partial charge in [0.25, 0.3) is 0 Å². The summed E-state index contributed by atoms with van der Waals surface area (Å²) in [5.74, 6) is 7.57. The number of nitrogens with one attached hydrogen (secondary N) is 1. The summed E-state index contributed by atoms with van der Waals surface area (Å²) in [5, 5.41) is 3.10. The Hall–Kier alpha value is -0.280. The molecule has 2 bridgehead atoms. The van der Waals surface area contributed by atoms with Gasteiger partial charge in [0.15, 0.2) is 0 Å². The molecule has 0 aromatic rings. The van der Waals surface area contributed by atoms with Crippen molar-refractivity contribution in [3.8, 4) is 0 Å². The second-order valence-electron chi connectivity index (χ2n) is 23.7. The van der Waals surface area contributed by atoms with Crippen LogP contribution in [-0.4, -0.2) is 163 Å². The second kappa shape index (κ2) is 40.6. The van der Waals surface area contributed by atoms with E-state index in [-0.39, 0.29) is 6.04 Å². The molecule has 0 radical (unpaired) electrons. The van der Waals surface area contributed by atoms with Gasteiger partial charge in [-0.25, -0.2) is 0 Å². The summed E-state index contributed by atoms with van der Waals surface area (Å²) in [6.07, 6.45) is 18.0. The number of piperidine rings is 3. The van der Waals surface area contributed by atoms with Crippen LogP contribution in [0.2, 0.25) is 0 Å². The molecule has 6 aliphatic heterocycles. The number of hydrogen-bond donors (Lipinski definition) is 1. The lowest BCUT2D eigenvalue weighted by Crippen LogP contribution is -2.48. The van der Waals surface area contributed by atoms with Crippen molar-refractivity contribution in [1.82, 2.24) is 34.7 Å². The molecule has 388 valence electrons. The third-order valence-corrected chi connectivity index (χ3v) is 13.5. The zero-order chi connectivity index (χ0) is 54.2. The largest absolute Gasteiger partial charge is 0.320 e. The van der Waals surface area contributed by atoms with Crippen molar-refractivity contribution in [2.24, 2.45) is 53.3 Å². The molecule has 7 heteroatoms. The Morgan fingerprint density at radius 3 is 1.33 bits per heavy atom. The van der Waals surface area contributed by atoms with E-state index in [9.17, 15) is 0 Å². The minimum Gasteiger partial charge on any atom is -0.320 e.